The first kappa shape index (κ1) is 9.58. The van der Waals surface area contributed by atoms with Crippen LogP contribution in [0.2, 0.25) is 0 Å². The quantitative estimate of drug-likeness (QED) is 0.547. The van der Waals surface area contributed by atoms with E-state index in [0.717, 1.165) is 18.4 Å². The lowest BCUT2D eigenvalue weighted by molar-refractivity contribution is -0.385. The van der Waals surface area contributed by atoms with E-state index in [4.69, 9.17) is 0 Å². The minimum absolute atomic E-state index is 0.0825. The average molecular weight is 202 g/mol. The van der Waals surface area contributed by atoms with Crippen molar-refractivity contribution in [2.45, 2.75) is 12.8 Å². The minimum atomic E-state index is -0.387. The molecule has 0 unspecified atom stereocenters. The van der Waals surface area contributed by atoms with Crippen LogP contribution in [0, 0.1) is 10.1 Å². The molecule has 0 saturated carbocycles. The Morgan fingerprint density at radius 2 is 2.33 bits per heavy atom. The number of aromatic nitrogens is 1. The van der Waals surface area contributed by atoms with Crippen LogP contribution in [-0.4, -0.2) is 9.91 Å². The van der Waals surface area contributed by atoms with Crippen LogP contribution in [0.15, 0.2) is 36.7 Å². The predicted molar refractivity (Wildman–Crippen MR) is 57.2 cm³/mol. The van der Waals surface area contributed by atoms with Gasteiger partial charge in [0.2, 0.25) is 0 Å². The molecule has 0 fully saturated rings. The third-order valence-electron chi connectivity index (χ3n) is 2.36. The van der Waals surface area contributed by atoms with Gasteiger partial charge in [0, 0.05) is 6.20 Å². The fourth-order valence-electron chi connectivity index (χ4n) is 1.63. The molecule has 1 aliphatic carbocycles. The highest BCUT2D eigenvalue weighted by Crippen LogP contribution is 2.29. The predicted octanol–water partition coefficient (Wildman–Crippen LogP) is 2.72. The summed E-state index contributed by atoms with van der Waals surface area (Å²) in [6, 6.07) is 1.70. The Hall–Kier alpha value is -1.97. The van der Waals surface area contributed by atoms with Gasteiger partial charge in [0.15, 0.2) is 0 Å². The van der Waals surface area contributed by atoms with Gasteiger partial charge in [-0.2, -0.15) is 0 Å². The Kier molecular flexibility index (Phi) is 2.58. The van der Waals surface area contributed by atoms with Crippen LogP contribution in [0.25, 0.3) is 5.57 Å². The summed E-state index contributed by atoms with van der Waals surface area (Å²) < 4.78 is 0. The van der Waals surface area contributed by atoms with Gasteiger partial charge in [0.05, 0.1) is 10.5 Å². The highest BCUT2D eigenvalue weighted by atomic mass is 16.6. The molecule has 1 aromatic rings. The Morgan fingerprint density at radius 3 is 3.00 bits per heavy atom. The van der Waals surface area contributed by atoms with Crippen molar-refractivity contribution in [3.8, 4) is 0 Å². The summed E-state index contributed by atoms with van der Waals surface area (Å²) in [6.45, 7) is 0. The number of nitro groups is 1. The lowest BCUT2D eigenvalue weighted by Crippen LogP contribution is -1.97. The molecule has 0 saturated heterocycles. The molecule has 4 nitrogen and oxygen atoms in total. The van der Waals surface area contributed by atoms with Crippen LogP contribution < -0.4 is 0 Å². The Bertz CT molecular complexity index is 450. The normalized spacial score (nSPS) is 14.8. The standard InChI is InChI=1S/C11H10N2O2/c14-13(15)11-8-12-7-6-10(11)9-4-2-1-3-5-9/h1-2,4,6-8H,3,5H2. The fourth-order valence-corrected chi connectivity index (χ4v) is 1.63. The average Bonchev–Trinajstić information content (AvgIpc) is 2.30. The number of pyridine rings is 1. The summed E-state index contributed by atoms with van der Waals surface area (Å²) >= 11 is 0. The van der Waals surface area contributed by atoms with Crippen molar-refractivity contribution in [1.29, 1.82) is 0 Å². The van der Waals surface area contributed by atoms with Crippen molar-refractivity contribution >= 4 is 11.3 Å². The topological polar surface area (TPSA) is 56.0 Å². The maximum atomic E-state index is 10.8. The molecular formula is C11H10N2O2. The fraction of sp³-hybridized carbons (Fsp3) is 0.182. The summed E-state index contributed by atoms with van der Waals surface area (Å²) in [7, 11) is 0. The summed E-state index contributed by atoms with van der Waals surface area (Å²) in [6.07, 6.45) is 10.6. The van der Waals surface area contributed by atoms with Crippen LogP contribution in [0.1, 0.15) is 18.4 Å². The molecule has 0 spiro atoms. The van der Waals surface area contributed by atoms with Gasteiger partial charge < -0.3 is 0 Å². The van der Waals surface area contributed by atoms with E-state index in [1.165, 1.54) is 6.20 Å². The summed E-state index contributed by atoms with van der Waals surface area (Å²) in [4.78, 5) is 14.2. The molecule has 1 aliphatic rings. The third kappa shape index (κ3) is 1.93. The zero-order valence-corrected chi connectivity index (χ0v) is 8.09. The second-order valence-corrected chi connectivity index (χ2v) is 3.31. The van der Waals surface area contributed by atoms with Crippen molar-refractivity contribution in [3.63, 3.8) is 0 Å². The monoisotopic (exact) mass is 202 g/mol. The van der Waals surface area contributed by atoms with Crippen LogP contribution in [0.5, 0.6) is 0 Å². The van der Waals surface area contributed by atoms with Crippen molar-refractivity contribution in [2.24, 2.45) is 0 Å². The molecule has 0 atom stereocenters. The molecule has 15 heavy (non-hydrogen) atoms. The van der Waals surface area contributed by atoms with E-state index < -0.39 is 0 Å². The molecule has 0 bridgehead atoms. The molecule has 2 rings (SSSR count). The number of nitrogens with zero attached hydrogens (tertiary/aromatic N) is 2. The molecule has 0 radical (unpaired) electrons. The van der Waals surface area contributed by atoms with Gasteiger partial charge in [0.25, 0.3) is 5.69 Å². The number of rotatable bonds is 2. The highest BCUT2D eigenvalue weighted by Gasteiger charge is 2.16. The van der Waals surface area contributed by atoms with E-state index in [1.807, 2.05) is 12.2 Å². The van der Waals surface area contributed by atoms with Crippen molar-refractivity contribution in [2.75, 3.05) is 0 Å². The van der Waals surface area contributed by atoms with E-state index in [-0.39, 0.29) is 10.6 Å². The molecule has 0 aliphatic heterocycles. The van der Waals surface area contributed by atoms with Crippen molar-refractivity contribution in [3.05, 3.63) is 52.4 Å². The summed E-state index contributed by atoms with van der Waals surface area (Å²) in [5.41, 5.74) is 1.77. The van der Waals surface area contributed by atoms with E-state index in [0.29, 0.717) is 5.56 Å². The molecule has 76 valence electrons. The highest BCUT2D eigenvalue weighted by molar-refractivity contribution is 5.74. The van der Waals surface area contributed by atoms with E-state index in [1.54, 1.807) is 12.3 Å². The van der Waals surface area contributed by atoms with Gasteiger partial charge in [-0.05, 0) is 24.5 Å². The first-order valence-electron chi connectivity index (χ1n) is 4.73. The lowest BCUT2D eigenvalue weighted by Gasteiger charge is -2.08. The van der Waals surface area contributed by atoms with Crippen LogP contribution in [0.4, 0.5) is 5.69 Å². The lowest BCUT2D eigenvalue weighted by atomic mass is 9.97. The Labute approximate surface area is 87.1 Å². The second kappa shape index (κ2) is 4.04. The molecular weight excluding hydrogens is 192 g/mol. The summed E-state index contributed by atoms with van der Waals surface area (Å²) in [5.74, 6) is 0. The zero-order valence-electron chi connectivity index (χ0n) is 8.09. The molecule has 1 aromatic heterocycles. The third-order valence-corrected chi connectivity index (χ3v) is 2.36. The minimum Gasteiger partial charge on any atom is -0.258 e. The smallest absolute Gasteiger partial charge is 0.258 e. The molecule has 0 amide bonds. The zero-order chi connectivity index (χ0) is 10.7. The van der Waals surface area contributed by atoms with E-state index >= 15 is 0 Å². The van der Waals surface area contributed by atoms with E-state index in [2.05, 4.69) is 11.1 Å². The maximum Gasteiger partial charge on any atom is 0.294 e. The molecule has 4 heteroatoms. The van der Waals surface area contributed by atoms with E-state index in [9.17, 15) is 10.1 Å². The largest absolute Gasteiger partial charge is 0.294 e. The molecule has 1 heterocycles. The number of allylic oxidation sites excluding steroid dienone is 4. The second-order valence-electron chi connectivity index (χ2n) is 3.31. The number of hydrogen-bond donors (Lipinski definition) is 0. The van der Waals surface area contributed by atoms with Crippen LogP contribution >= 0.6 is 0 Å². The number of hydrogen-bond acceptors (Lipinski definition) is 3. The Morgan fingerprint density at radius 1 is 1.47 bits per heavy atom. The SMILES string of the molecule is O=[N+]([O-])c1cnccc1C1=CC=CCC1. The maximum absolute atomic E-state index is 10.8. The van der Waals surface area contributed by atoms with Gasteiger partial charge in [-0.1, -0.05) is 18.2 Å². The van der Waals surface area contributed by atoms with Gasteiger partial charge in [-0.15, -0.1) is 0 Å². The van der Waals surface area contributed by atoms with Gasteiger partial charge in [0.1, 0.15) is 6.20 Å². The molecule has 0 aromatic carbocycles. The van der Waals surface area contributed by atoms with Gasteiger partial charge >= 0.3 is 0 Å². The van der Waals surface area contributed by atoms with Crippen molar-refractivity contribution in [1.82, 2.24) is 4.98 Å². The van der Waals surface area contributed by atoms with Crippen LogP contribution in [0.3, 0.4) is 0 Å². The Balaban J connectivity index is 2.47. The first-order chi connectivity index (χ1) is 7.29. The summed E-state index contributed by atoms with van der Waals surface area (Å²) in [5, 5.41) is 10.8. The van der Waals surface area contributed by atoms with Crippen molar-refractivity contribution < 1.29 is 4.92 Å². The molecule has 0 N–H and O–H groups in total. The van der Waals surface area contributed by atoms with Gasteiger partial charge in [-0.25, -0.2) is 0 Å². The van der Waals surface area contributed by atoms with Gasteiger partial charge in [-0.3, -0.25) is 15.1 Å². The first-order valence-corrected chi connectivity index (χ1v) is 4.73. The van der Waals surface area contributed by atoms with Crippen LogP contribution in [-0.2, 0) is 0 Å².